The second kappa shape index (κ2) is 8.06. The number of nitrogens with zero attached hydrogens (tertiary/aromatic N) is 2. The van der Waals surface area contributed by atoms with Gasteiger partial charge in [0.15, 0.2) is 4.34 Å². The standard InChI is InChI=1S/C12H23N3S2/c1-5-11-14-12(17-15-11)16-10(4)8-13-7-6-9(2)3/h9-10,13H,5-8H2,1-4H3. The first-order chi connectivity index (χ1) is 8.11. The average molecular weight is 273 g/mol. The predicted octanol–water partition coefficient (Wildman–Crippen LogP) is 3.22. The highest BCUT2D eigenvalue weighted by Gasteiger charge is 2.08. The van der Waals surface area contributed by atoms with Crippen LogP contribution < -0.4 is 5.32 Å². The van der Waals surface area contributed by atoms with E-state index >= 15 is 0 Å². The first-order valence-corrected chi connectivity index (χ1v) is 7.97. The van der Waals surface area contributed by atoms with Crippen LogP contribution in [0.3, 0.4) is 0 Å². The van der Waals surface area contributed by atoms with Crippen LogP contribution >= 0.6 is 23.3 Å². The van der Waals surface area contributed by atoms with Gasteiger partial charge in [0.05, 0.1) is 0 Å². The summed E-state index contributed by atoms with van der Waals surface area (Å²) in [6, 6.07) is 0. The maximum absolute atomic E-state index is 4.47. The van der Waals surface area contributed by atoms with Crippen molar-refractivity contribution >= 4 is 23.3 Å². The number of rotatable bonds is 8. The van der Waals surface area contributed by atoms with Gasteiger partial charge in [-0.2, -0.15) is 4.37 Å². The number of hydrogen-bond donors (Lipinski definition) is 1. The second-order valence-electron chi connectivity index (χ2n) is 4.65. The molecule has 1 aromatic heterocycles. The Balaban J connectivity index is 2.18. The Morgan fingerprint density at radius 2 is 2.12 bits per heavy atom. The van der Waals surface area contributed by atoms with Gasteiger partial charge < -0.3 is 5.32 Å². The van der Waals surface area contributed by atoms with Crippen LogP contribution in [0.15, 0.2) is 4.34 Å². The van der Waals surface area contributed by atoms with Gasteiger partial charge in [-0.15, -0.1) is 0 Å². The Morgan fingerprint density at radius 1 is 1.35 bits per heavy atom. The van der Waals surface area contributed by atoms with Crippen molar-refractivity contribution < 1.29 is 0 Å². The lowest BCUT2D eigenvalue weighted by molar-refractivity contribution is 0.539. The van der Waals surface area contributed by atoms with E-state index in [2.05, 4.69) is 42.4 Å². The summed E-state index contributed by atoms with van der Waals surface area (Å²) in [5.74, 6) is 1.75. The van der Waals surface area contributed by atoms with Gasteiger partial charge in [-0.3, -0.25) is 0 Å². The van der Waals surface area contributed by atoms with E-state index in [-0.39, 0.29) is 0 Å². The van der Waals surface area contributed by atoms with Crippen LogP contribution in [-0.2, 0) is 6.42 Å². The normalized spacial score (nSPS) is 13.2. The molecule has 0 aliphatic carbocycles. The molecule has 0 spiro atoms. The Bertz CT molecular complexity index is 312. The highest BCUT2D eigenvalue weighted by molar-refractivity contribution is 8.01. The summed E-state index contributed by atoms with van der Waals surface area (Å²) in [6.45, 7) is 11.0. The van der Waals surface area contributed by atoms with E-state index in [1.807, 2.05) is 11.8 Å². The van der Waals surface area contributed by atoms with Crippen molar-refractivity contribution in [1.82, 2.24) is 14.7 Å². The van der Waals surface area contributed by atoms with Crippen molar-refractivity contribution in [1.29, 1.82) is 0 Å². The van der Waals surface area contributed by atoms with Gasteiger partial charge >= 0.3 is 0 Å². The number of nitrogens with one attached hydrogen (secondary N) is 1. The smallest absolute Gasteiger partial charge is 0.170 e. The molecule has 0 aliphatic heterocycles. The minimum atomic E-state index is 0.555. The Kier molecular flexibility index (Phi) is 7.08. The summed E-state index contributed by atoms with van der Waals surface area (Å²) in [5, 5.41) is 4.05. The molecule has 1 N–H and O–H groups in total. The van der Waals surface area contributed by atoms with Gasteiger partial charge in [0.1, 0.15) is 5.82 Å². The van der Waals surface area contributed by atoms with Gasteiger partial charge in [0, 0.05) is 18.2 Å². The van der Waals surface area contributed by atoms with Crippen LogP contribution in [0.1, 0.15) is 39.9 Å². The van der Waals surface area contributed by atoms with E-state index in [0.29, 0.717) is 5.25 Å². The van der Waals surface area contributed by atoms with Gasteiger partial charge in [-0.1, -0.05) is 39.5 Å². The zero-order chi connectivity index (χ0) is 12.7. The summed E-state index contributed by atoms with van der Waals surface area (Å²) in [5.41, 5.74) is 0. The molecule has 1 aromatic rings. The fourth-order valence-corrected chi connectivity index (χ4v) is 3.32. The predicted molar refractivity (Wildman–Crippen MR) is 76.9 cm³/mol. The van der Waals surface area contributed by atoms with E-state index in [1.165, 1.54) is 18.0 Å². The van der Waals surface area contributed by atoms with Crippen LogP contribution in [-0.4, -0.2) is 27.7 Å². The molecular formula is C12H23N3S2. The molecule has 0 amide bonds. The molecule has 0 saturated heterocycles. The lowest BCUT2D eigenvalue weighted by Gasteiger charge is -2.11. The quantitative estimate of drug-likeness (QED) is 0.583. The molecule has 0 bridgehead atoms. The van der Waals surface area contributed by atoms with Crippen molar-refractivity contribution in [3.05, 3.63) is 5.82 Å². The van der Waals surface area contributed by atoms with Crippen LogP contribution in [0.25, 0.3) is 0 Å². The maximum atomic E-state index is 4.47. The van der Waals surface area contributed by atoms with Gasteiger partial charge in [0.2, 0.25) is 0 Å². The van der Waals surface area contributed by atoms with Crippen molar-refractivity contribution in [3.8, 4) is 0 Å². The summed E-state index contributed by atoms with van der Waals surface area (Å²) in [4.78, 5) is 4.47. The molecular weight excluding hydrogens is 250 g/mol. The molecule has 5 heteroatoms. The van der Waals surface area contributed by atoms with Crippen molar-refractivity contribution in [2.45, 2.75) is 50.1 Å². The van der Waals surface area contributed by atoms with Crippen molar-refractivity contribution in [2.75, 3.05) is 13.1 Å². The minimum absolute atomic E-state index is 0.555. The second-order valence-corrected chi connectivity index (χ2v) is 7.08. The van der Waals surface area contributed by atoms with Crippen LogP contribution in [0.5, 0.6) is 0 Å². The Morgan fingerprint density at radius 3 is 2.71 bits per heavy atom. The number of aryl methyl sites for hydroxylation is 1. The van der Waals surface area contributed by atoms with Crippen LogP contribution in [0.4, 0.5) is 0 Å². The highest BCUT2D eigenvalue weighted by atomic mass is 32.2. The third kappa shape index (κ3) is 6.38. The van der Waals surface area contributed by atoms with E-state index in [1.54, 1.807) is 0 Å². The van der Waals surface area contributed by atoms with Crippen LogP contribution in [0, 0.1) is 5.92 Å². The first-order valence-electron chi connectivity index (χ1n) is 6.31. The number of hydrogen-bond acceptors (Lipinski definition) is 5. The SMILES string of the molecule is CCc1nsc(SC(C)CNCCC(C)C)n1. The van der Waals surface area contributed by atoms with Gasteiger partial charge in [-0.25, -0.2) is 4.98 Å². The van der Waals surface area contributed by atoms with Crippen molar-refractivity contribution in [3.63, 3.8) is 0 Å². The molecule has 17 heavy (non-hydrogen) atoms. The molecule has 1 heterocycles. The lowest BCUT2D eigenvalue weighted by Crippen LogP contribution is -2.24. The topological polar surface area (TPSA) is 37.8 Å². The first kappa shape index (κ1) is 14.9. The molecule has 3 nitrogen and oxygen atoms in total. The summed E-state index contributed by atoms with van der Waals surface area (Å²) in [6.07, 6.45) is 2.17. The summed E-state index contributed by atoms with van der Waals surface area (Å²) >= 11 is 3.34. The molecule has 0 fully saturated rings. The number of thioether (sulfide) groups is 1. The van der Waals surface area contributed by atoms with Gasteiger partial charge in [-0.05, 0) is 30.4 Å². The molecule has 0 saturated carbocycles. The maximum Gasteiger partial charge on any atom is 0.170 e. The molecule has 1 rings (SSSR count). The van der Waals surface area contributed by atoms with E-state index in [0.717, 1.165) is 35.6 Å². The lowest BCUT2D eigenvalue weighted by atomic mass is 10.1. The zero-order valence-electron chi connectivity index (χ0n) is 11.2. The van der Waals surface area contributed by atoms with Gasteiger partial charge in [0.25, 0.3) is 0 Å². The zero-order valence-corrected chi connectivity index (χ0v) is 12.8. The fourth-order valence-electron chi connectivity index (χ4n) is 1.34. The largest absolute Gasteiger partial charge is 0.316 e. The third-order valence-electron chi connectivity index (χ3n) is 2.40. The van der Waals surface area contributed by atoms with E-state index < -0.39 is 0 Å². The van der Waals surface area contributed by atoms with Crippen molar-refractivity contribution in [2.24, 2.45) is 5.92 Å². The van der Waals surface area contributed by atoms with Crippen LogP contribution in [0.2, 0.25) is 0 Å². The van der Waals surface area contributed by atoms with E-state index in [9.17, 15) is 0 Å². The Labute approximate surface area is 113 Å². The fraction of sp³-hybridized carbons (Fsp3) is 0.833. The summed E-state index contributed by atoms with van der Waals surface area (Å²) < 4.78 is 5.39. The number of aromatic nitrogens is 2. The summed E-state index contributed by atoms with van der Waals surface area (Å²) in [7, 11) is 0. The highest BCUT2D eigenvalue weighted by Crippen LogP contribution is 2.24. The molecule has 1 unspecified atom stereocenters. The molecule has 0 aromatic carbocycles. The molecule has 98 valence electrons. The molecule has 0 aliphatic rings. The Hall–Kier alpha value is -0.130. The third-order valence-corrected chi connectivity index (χ3v) is 4.32. The average Bonchev–Trinajstić information content (AvgIpc) is 2.72. The molecule has 1 atom stereocenters. The molecule has 0 radical (unpaired) electrons. The minimum Gasteiger partial charge on any atom is -0.316 e. The monoisotopic (exact) mass is 273 g/mol. The van der Waals surface area contributed by atoms with E-state index in [4.69, 9.17) is 0 Å².